The number of unbranched alkanes of at least 4 members (excludes halogenated alkanes) is 3. The Balaban J connectivity index is 1.87. The van der Waals surface area contributed by atoms with Crippen LogP contribution in [0.4, 0.5) is 0 Å². The molecule has 0 bridgehead atoms. The number of amides is 5. The lowest BCUT2D eigenvalue weighted by Crippen LogP contribution is -2.62. The number of carbonyl (C=O) groups is 7. The summed E-state index contributed by atoms with van der Waals surface area (Å²) in [5, 5.41) is 11.6. The zero-order valence-corrected chi connectivity index (χ0v) is 30.1. The molecule has 6 N–H and O–H groups in total. The molecule has 0 aromatic carbocycles. The Bertz CT molecular complexity index is 1200. The highest BCUT2D eigenvalue weighted by Crippen LogP contribution is 2.24. The van der Waals surface area contributed by atoms with Crippen LogP contribution in [0.25, 0.3) is 0 Å². The molecule has 14 heteroatoms. The third-order valence-corrected chi connectivity index (χ3v) is 9.03. The van der Waals surface area contributed by atoms with E-state index in [1.807, 2.05) is 0 Å². The molecule has 1 heterocycles. The largest absolute Gasteiger partial charge is 0.458 e. The number of nitrogens with zero attached hydrogens (tertiary/aromatic N) is 1. The lowest BCUT2D eigenvalue weighted by molar-refractivity contribution is -0.159. The van der Waals surface area contributed by atoms with Crippen LogP contribution >= 0.6 is 0 Å². The predicted octanol–water partition coefficient (Wildman–Crippen LogP) is 1.40. The molecule has 0 unspecified atom stereocenters. The molecule has 5 amide bonds. The third-order valence-electron chi connectivity index (χ3n) is 9.03. The molecule has 2 aliphatic rings. The summed E-state index contributed by atoms with van der Waals surface area (Å²) in [5.41, 5.74) is 3.98. The number of esters is 1. The van der Waals surface area contributed by atoms with Crippen LogP contribution in [-0.4, -0.2) is 95.6 Å². The van der Waals surface area contributed by atoms with Gasteiger partial charge >= 0.3 is 5.97 Å². The van der Waals surface area contributed by atoms with Crippen molar-refractivity contribution in [3.63, 3.8) is 0 Å². The highest BCUT2D eigenvalue weighted by molar-refractivity contribution is 6.12. The van der Waals surface area contributed by atoms with E-state index in [2.05, 4.69) is 21.3 Å². The zero-order valence-electron chi connectivity index (χ0n) is 30.1. The van der Waals surface area contributed by atoms with Crippen LogP contribution in [-0.2, 0) is 38.3 Å². The van der Waals surface area contributed by atoms with Gasteiger partial charge in [-0.2, -0.15) is 0 Å². The van der Waals surface area contributed by atoms with E-state index in [-0.39, 0.29) is 61.0 Å². The molecular weight excluding hydrogens is 632 g/mol. The summed E-state index contributed by atoms with van der Waals surface area (Å²) < 4.78 is 5.56. The second kappa shape index (κ2) is 19.5. The van der Waals surface area contributed by atoms with Gasteiger partial charge in [-0.3, -0.25) is 28.9 Å². The Hall–Kier alpha value is -3.65. The van der Waals surface area contributed by atoms with Crippen molar-refractivity contribution < 1.29 is 38.3 Å². The van der Waals surface area contributed by atoms with E-state index in [0.717, 1.165) is 24.2 Å². The first kappa shape index (κ1) is 41.5. The van der Waals surface area contributed by atoms with E-state index >= 15 is 0 Å². The van der Waals surface area contributed by atoms with Crippen LogP contribution in [0, 0.1) is 11.8 Å². The normalized spacial score (nSPS) is 20.1. The summed E-state index contributed by atoms with van der Waals surface area (Å²) in [6.45, 7) is 11.1. The monoisotopic (exact) mass is 690 g/mol. The molecule has 0 radical (unpaired) electrons. The number of aldehydes is 1. The number of carbonyl (C=O) groups excluding carboxylic acids is 7. The quantitative estimate of drug-likeness (QED) is 0.0507. The molecule has 0 aromatic rings. The van der Waals surface area contributed by atoms with Gasteiger partial charge in [0.25, 0.3) is 11.8 Å². The van der Waals surface area contributed by atoms with Crippen molar-refractivity contribution in [1.82, 2.24) is 26.2 Å². The molecule has 1 aliphatic heterocycles. The minimum absolute atomic E-state index is 0.0257. The van der Waals surface area contributed by atoms with Crippen molar-refractivity contribution in [2.24, 2.45) is 17.6 Å². The van der Waals surface area contributed by atoms with Gasteiger partial charge in [0.05, 0.1) is 12.0 Å². The van der Waals surface area contributed by atoms with Gasteiger partial charge in [0.1, 0.15) is 23.5 Å². The van der Waals surface area contributed by atoms with Crippen LogP contribution in [0.5, 0.6) is 0 Å². The lowest BCUT2D eigenvalue weighted by Gasteiger charge is -2.34. The molecule has 1 fully saturated rings. The lowest BCUT2D eigenvalue weighted by atomic mass is 9.87. The molecule has 0 saturated heterocycles. The summed E-state index contributed by atoms with van der Waals surface area (Å²) in [4.78, 5) is 88.4. The van der Waals surface area contributed by atoms with Gasteiger partial charge < -0.3 is 36.5 Å². The summed E-state index contributed by atoms with van der Waals surface area (Å²) in [6.07, 6.45) is 8.98. The highest BCUT2D eigenvalue weighted by Gasteiger charge is 2.36. The van der Waals surface area contributed by atoms with Crippen LogP contribution in [0.3, 0.4) is 0 Å². The average Bonchev–Trinajstić information content (AvgIpc) is 3.60. The summed E-state index contributed by atoms with van der Waals surface area (Å²) in [6, 6.07) is -1.85. The fourth-order valence-electron chi connectivity index (χ4n) is 5.77. The molecule has 5 atom stereocenters. The highest BCUT2D eigenvalue weighted by atomic mass is 16.6. The molecule has 0 spiro atoms. The second-order valence-corrected chi connectivity index (χ2v) is 14.5. The number of ether oxygens (including phenoxy) is 1. The Morgan fingerprint density at radius 2 is 1.67 bits per heavy atom. The van der Waals surface area contributed by atoms with Gasteiger partial charge in [0.2, 0.25) is 17.7 Å². The summed E-state index contributed by atoms with van der Waals surface area (Å²) in [5.74, 6) is -2.57. The number of hydrogen-bond acceptors (Lipinski definition) is 10. The van der Waals surface area contributed by atoms with Gasteiger partial charge in [-0.05, 0) is 78.6 Å². The first-order valence-electron chi connectivity index (χ1n) is 17.6. The Morgan fingerprint density at radius 3 is 2.24 bits per heavy atom. The van der Waals surface area contributed by atoms with E-state index in [4.69, 9.17) is 10.5 Å². The molecule has 1 aliphatic carbocycles. The van der Waals surface area contributed by atoms with E-state index in [1.54, 1.807) is 41.5 Å². The Labute approximate surface area is 290 Å². The van der Waals surface area contributed by atoms with E-state index in [1.165, 1.54) is 12.2 Å². The van der Waals surface area contributed by atoms with E-state index in [9.17, 15) is 33.6 Å². The fourth-order valence-corrected chi connectivity index (χ4v) is 5.77. The maximum absolute atomic E-state index is 13.2. The number of rotatable bonds is 21. The predicted molar refractivity (Wildman–Crippen MR) is 184 cm³/mol. The SMILES string of the molecule is CC(C)[C@](C=O)(CN[C@@H](C)C(=O)N[C@@H](CCCCNC(=O)[C@@H]1CCC[C@@H]1N)C(=O)OC(C)(C)C)NC(=O)CCCCCN1C(=O)C=CC1=O. The van der Waals surface area contributed by atoms with Crippen LogP contribution in [0.15, 0.2) is 12.2 Å². The molecular formula is C35H58N6O8. The number of nitrogens with one attached hydrogen (secondary N) is 4. The van der Waals surface area contributed by atoms with Gasteiger partial charge in [-0.15, -0.1) is 0 Å². The van der Waals surface area contributed by atoms with Crippen molar-refractivity contribution >= 4 is 41.8 Å². The first-order chi connectivity index (χ1) is 23.0. The van der Waals surface area contributed by atoms with E-state index < -0.39 is 35.1 Å². The molecule has 0 aromatic heterocycles. The zero-order chi connectivity index (χ0) is 36.8. The molecule has 14 nitrogen and oxygen atoms in total. The second-order valence-electron chi connectivity index (χ2n) is 14.5. The van der Waals surface area contributed by atoms with Crippen LogP contribution in [0.2, 0.25) is 0 Å². The van der Waals surface area contributed by atoms with Crippen molar-refractivity contribution in [3.8, 4) is 0 Å². The van der Waals surface area contributed by atoms with Gasteiger partial charge in [-0.25, -0.2) is 4.79 Å². The van der Waals surface area contributed by atoms with Crippen molar-refractivity contribution in [2.75, 3.05) is 19.6 Å². The number of hydrogen-bond donors (Lipinski definition) is 5. The van der Waals surface area contributed by atoms with Crippen molar-refractivity contribution in [2.45, 2.75) is 135 Å². The molecule has 2 rings (SSSR count). The first-order valence-corrected chi connectivity index (χ1v) is 17.6. The summed E-state index contributed by atoms with van der Waals surface area (Å²) in [7, 11) is 0. The molecule has 276 valence electrons. The third kappa shape index (κ3) is 13.6. The van der Waals surface area contributed by atoms with Crippen molar-refractivity contribution in [1.29, 1.82) is 0 Å². The number of nitrogens with two attached hydrogens (primary N) is 1. The fraction of sp³-hybridized carbons (Fsp3) is 0.743. The number of imide groups is 1. The minimum Gasteiger partial charge on any atom is -0.458 e. The minimum atomic E-state index is -1.29. The molecule has 49 heavy (non-hydrogen) atoms. The topological polar surface area (TPSA) is 206 Å². The Kier molecular flexibility index (Phi) is 16.5. The van der Waals surface area contributed by atoms with Gasteiger partial charge in [-0.1, -0.05) is 26.7 Å². The van der Waals surface area contributed by atoms with Gasteiger partial charge in [0, 0.05) is 44.2 Å². The van der Waals surface area contributed by atoms with E-state index in [0.29, 0.717) is 51.4 Å². The van der Waals surface area contributed by atoms with Crippen molar-refractivity contribution in [3.05, 3.63) is 12.2 Å². The maximum Gasteiger partial charge on any atom is 0.329 e. The average molecular weight is 691 g/mol. The van der Waals surface area contributed by atoms with Crippen LogP contribution in [0.1, 0.15) is 106 Å². The molecule has 1 saturated carbocycles. The maximum atomic E-state index is 13.2. The Morgan fingerprint density at radius 1 is 1.00 bits per heavy atom. The standard InChI is InChI=1S/C35H58N6O8/c1-23(2)35(22-42,40-28(43)16-8-7-11-20-41-29(44)17-18-30(41)45)21-38-24(3)31(46)39-27(33(48)49-34(4,5)6)15-9-10-19-37-32(47)25-13-12-14-26(25)36/h17-18,22-27,38H,7-16,19-21,36H2,1-6H3,(H,37,47)(H,39,46)(H,40,43)/t24-,25+,26-,27-,35+/m0/s1. The summed E-state index contributed by atoms with van der Waals surface area (Å²) >= 11 is 0. The van der Waals surface area contributed by atoms with Gasteiger partial charge in [0.15, 0.2) is 0 Å². The smallest absolute Gasteiger partial charge is 0.329 e. The van der Waals surface area contributed by atoms with Crippen LogP contribution < -0.4 is 27.0 Å².